The van der Waals surface area contributed by atoms with Crippen LogP contribution in [0.15, 0.2) is 11.6 Å². The maximum atomic E-state index is 5.92. The number of fused-ring (bicyclic) bond motifs is 1. The first kappa shape index (κ1) is 12.3. The Balaban J connectivity index is 1.96. The Morgan fingerprint density at radius 3 is 2.95 bits per heavy atom. The van der Waals surface area contributed by atoms with E-state index in [2.05, 4.69) is 25.1 Å². The second-order valence-corrected chi connectivity index (χ2v) is 5.56. The zero-order chi connectivity index (χ0) is 13.4. The van der Waals surface area contributed by atoms with E-state index >= 15 is 0 Å². The molecule has 0 saturated carbocycles. The molecule has 0 spiro atoms. The molecule has 8 heteroatoms. The second-order valence-electron chi connectivity index (χ2n) is 4.16. The van der Waals surface area contributed by atoms with Gasteiger partial charge in [-0.15, -0.1) is 11.3 Å². The van der Waals surface area contributed by atoms with Crippen LogP contribution in [0.5, 0.6) is 0 Å². The highest BCUT2D eigenvalue weighted by Gasteiger charge is 2.13. The van der Waals surface area contributed by atoms with Gasteiger partial charge in [-0.3, -0.25) is 5.10 Å². The van der Waals surface area contributed by atoms with Crippen LogP contribution in [-0.2, 0) is 6.54 Å². The summed E-state index contributed by atoms with van der Waals surface area (Å²) in [6.45, 7) is 2.65. The largest absolute Gasteiger partial charge is 0.353 e. The summed E-state index contributed by atoms with van der Waals surface area (Å²) in [5.74, 6) is 0.745. The van der Waals surface area contributed by atoms with Crippen molar-refractivity contribution in [2.24, 2.45) is 0 Å². The van der Waals surface area contributed by atoms with Gasteiger partial charge >= 0.3 is 0 Å². The number of H-pyrrole nitrogens is 1. The average molecular weight is 295 g/mol. The predicted octanol–water partition coefficient (Wildman–Crippen LogP) is 2.41. The van der Waals surface area contributed by atoms with Gasteiger partial charge in [0.05, 0.1) is 28.8 Å². The molecule has 0 aliphatic heterocycles. The summed E-state index contributed by atoms with van der Waals surface area (Å²) in [4.78, 5) is 14.8. The highest BCUT2D eigenvalue weighted by molar-refractivity contribution is 7.09. The van der Waals surface area contributed by atoms with E-state index in [0.717, 1.165) is 21.9 Å². The fourth-order valence-electron chi connectivity index (χ4n) is 1.88. The van der Waals surface area contributed by atoms with E-state index < -0.39 is 0 Å². The van der Waals surface area contributed by atoms with E-state index in [1.54, 1.807) is 17.5 Å². The van der Waals surface area contributed by atoms with E-state index in [9.17, 15) is 0 Å². The van der Waals surface area contributed by atoms with Gasteiger partial charge in [-0.05, 0) is 18.5 Å². The van der Waals surface area contributed by atoms with Gasteiger partial charge in [-0.1, -0.05) is 0 Å². The SMILES string of the molecule is Cc1nc(CN(C)c2nc(Cl)nc3[nH]ncc23)cs1. The Labute approximate surface area is 118 Å². The number of halogens is 1. The molecule has 6 nitrogen and oxygen atoms in total. The van der Waals surface area contributed by atoms with Crippen LogP contribution in [0.4, 0.5) is 5.82 Å². The molecule has 0 fully saturated rings. The third-order valence-corrected chi connectivity index (χ3v) is 3.68. The molecule has 3 aromatic heterocycles. The number of rotatable bonds is 3. The van der Waals surface area contributed by atoms with Crippen molar-refractivity contribution in [3.05, 3.63) is 27.6 Å². The second kappa shape index (κ2) is 4.75. The van der Waals surface area contributed by atoms with Gasteiger partial charge in [0.25, 0.3) is 0 Å². The molecule has 19 heavy (non-hydrogen) atoms. The lowest BCUT2D eigenvalue weighted by molar-refractivity contribution is 0.872. The number of aryl methyl sites for hydroxylation is 1. The van der Waals surface area contributed by atoms with Crippen molar-refractivity contribution in [2.75, 3.05) is 11.9 Å². The summed E-state index contributed by atoms with van der Waals surface area (Å²) in [7, 11) is 1.94. The van der Waals surface area contributed by atoms with Crippen LogP contribution in [0.3, 0.4) is 0 Å². The third-order valence-electron chi connectivity index (χ3n) is 2.69. The Bertz CT molecular complexity index is 721. The molecule has 0 aromatic carbocycles. The Hall–Kier alpha value is -1.73. The van der Waals surface area contributed by atoms with E-state index in [-0.39, 0.29) is 5.28 Å². The predicted molar refractivity (Wildman–Crippen MR) is 75.7 cm³/mol. The monoisotopic (exact) mass is 294 g/mol. The lowest BCUT2D eigenvalue weighted by atomic mass is 10.3. The van der Waals surface area contributed by atoms with Crippen molar-refractivity contribution >= 4 is 39.8 Å². The van der Waals surface area contributed by atoms with Crippen molar-refractivity contribution in [2.45, 2.75) is 13.5 Å². The summed E-state index contributed by atoms with van der Waals surface area (Å²) < 4.78 is 0. The first-order valence-electron chi connectivity index (χ1n) is 5.62. The molecular formula is C11H11ClN6S. The molecule has 0 atom stereocenters. The molecule has 0 saturated heterocycles. The summed E-state index contributed by atoms with van der Waals surface area (Å²) in [6, 6.07) is 0. The van der Waals surface area contributed by atoms with E-state index in [1.807, 2.05) is 24.3 Å². The first-order valence-corrected chi connectivity index (χ1v) is 6.88. The van der Waals surface area contributed by atoms with E-state index in [4.69, 9.17) is 11.6 Å². The molecule has 0 radical (unpaired) electrons. The first-order chi connectivity index (χ1) is 9.13. The zero-order valence-electron chi connectivity index (χ0n) is 10.4. The van der Waals surface area contributed by atoms with Crippen molar-refractivity contribution in [3.8, 4) is 0 Å². The number of hydrogen-bond donors (Lipinski definition) is 1. The van der Waals surface area contributed by atoms with Crippen molar-refractivity contribution in [3.63, 3.8) is 0 Å². The molecule has 0 unspecified atom stereocenters. The molecule has 0 aliphatic rings. The number of aromatic amines is 1. The number of anilines is 1. The van der Waals surface area contributed by atoms with Crippen LogP contribution in [0.25, 0.3) is 11.0 Å². The quantitative estimate of drug-likeness (QED) is 0.751. The third kappa shape index (κ3) is 2.39. The maximum absolute atomic E-state index is 5.92. The normalized spacial score (nSPS) is 11.1. The highest BCUT2D eigenvalue weighted by atomic mass is 35.5. The lowest BCUT2D eigenvalue weighted by Gasteiger charge is -2.17. The minimum atomic E-state index is 0.202. The molecular weight excluding hydrogens is 284 g/mol. The van der Waals surface area contributed by atoms with Crippen molar-refractivity contribution in [1.29, 1.82) is 0 Å². The minimum absolute atomic E-state index is 0.202. The standard InChI is InChI=1S/C11H11ClN6S/c1-6-14-7(5-19-6)4-18(2)10-8-3-13-17-9(8)15-11(12)16-10/h3,5H,4H2,1-2H3,(H,13,15,16,17). The molecule has 3 rings (SSSR count). The molecule has 1 N–H and O–H groups in total. The Kier molecular flexibility index (Phi) is 3.08. The number of aromatic nitrogens is 5. The van der Waals surface area contributed by atoms with Gasteiger partial charge in [0.15, 0.2) is 5.65 Å². The Morgan fingerprint density at radius 2 is 2.21 bits per heavy atom. The van der Waals surface area contributed by atoms with Gasteiger partial charge in [-0.2, -0.15) is 15.1 Å². The van der Waals surface area contributed by atoms with Crippen LogP contribution in [-0.4, -0.2) is 32.2 Å². The number of hydrogen-bond acceptors (Lipinski definition) is 6. The molecule has 3 aromatic rings. The topological polar surface area (TPSA) is 70.6 Å². The van der Waals surface area contributed by atoms with Gasteiger partial charge in [0.2, 0.25) is 5.28 Å². The van der Waals surface area contributed by atoms with Crippen LogP contribution < -0.4 is 4.90 Å². The highest BCUT2D eigenvalue weighted by Crippen LogP contribution is 2.24. The average Bonchev–Trinajstić information content (AvgIpc) is 2.96. The lowest BCUT2D eigenvalue weighted by Crippen LogP contribution is -2.18. The molecule has 0 bridgehead atoms. The van der Waals surface area contributed by atoms with Crippen LogP contribution in [0.2, 0.25) is 5.28 Å². The summed E-state index contributed by atoms with van der Waals surface area (Å²) in [5.41, 5.74) is 1.65. The van der Waals surface area contributed by atoms with Crippen LogP contribution >= 0.6 is 22.9 Å². The molecule has 3 heterocycles. The maximum Gasteiger partial charge on any atom is 0.226 e. The summed E-state index contributed by atoms with van der Waals surface area (Å²) in [6.07, 6.45) is 1.70. The number of nitrogens with one attached hydrogen (secondary N) is 1. The van der Waals surface area contributed by atoms with Crippen molar-refractivity contribution < 1.29 is 0 Å². The number of thiazole rings is 1. The van der Waals surface area contributed by atoms with Crippen LogP contribution in [0, 0.1) is 6.92 Å². The molecule has 0 aliphatic carbocycles. The van der Waals surface area contributed by atoms with Gasteiger partial charge in [0, 0.05) is 12.4 Å². The number of nitrogens with zero attached hydrogens (tertiary/aromatic N) is 5. The molecule has 98 valence electrons. The van der Waals surface area contributed by atoms with Gasteiger partial charge < -0.3 is 4.90 Å². The summed E-state index contributed by atoms with van der Waals surface area (Å²) >= 11 is 7.56. The minimum Gasteiger partial charge on any atom is -0.353 e. The van der Waals surface area contributed by atoms with E-state index in [0.29, 0.717) is 12.2 Å². The van der Waals surface area contributed by atoms with Gasteiger partial charge in [-0.25, -0.2) is 4.98 Å². The van der Waals surface area contributed by atoms with Crippen molar-refractivity contribution in [1.82, 2.24) is 25.1 Å². The fourth-order valence-corrected chi connectivity index (χ4v) is 2.65. The summed E-state index contributed by atoms with van der Waals surface area (Å²) in [5, 5.41) is 10.9. The van der Waals surface area contributed by atoms with Gasteiger partial charge in [0.1, 0.15) is 5.82 Å². The fraction of sp³-hybridized carbons (Fsp3) is 0.273. The van der Waals surface area contributed by atoms with E-state index in [1.165, 1.54) is 0 Å². The Morgan fingerprint density at radius 1 is 1.37 bits per heavy atom. The molecule has 0 amide bonds. The zero-order valence-corrected chi connectivity index (χ0v) is 12.0. The van der Waals surface area contributed by atoms with Crippen LogP contribution in [0.1, 0.15) is 10.7 Å². The smallest absolute Gasteiger partial charge is 0.226 e.